The van der Waals surface area contributed by atoms with Crippen LogP contribution >= 0.6 is 64.8 Å². The summed E-state index contributed by atoms with van der Waals surface area (Å²) in [5, 5.41) is 15.0. The van der Waals surface area contributed by atoms with Crippen molar-refractivity contribution in [2.24, 2.45) is 0 Å². The summed E-state index contributed by atoms with van der Waals surface area (Å²) in [4.78, 5) is 162. The van der Waals surface area contributed by atoms with Crippen molar-refractivity contribution in [2.45, 2.75) is 36.3 Å². The first-order chi connectivity index (χ1) is 34.4. The van der Waals surface area contributed by atoms with E-state index in [0.29, 0.717) is 0 Å². The summed E-state index contributed by atoms with van der Waals surface area (Å²) in [6, 6.07) is -1.97. The lowest BCUT2D eigenvalue weighted by atomic mass is 10.0. The Morgan fingerprint density at radius 2 is 0.431 bits per heavy atom. The third-order valence-corrected chi connectivity index (χ3v) is 17.1. The lowest BCUT2D eigenvalue weighted by Crippen LogP contribution is -2.45. The molecule has 6 amide bonds. The summed E-state index contributed by atoms with van der Waals surface area (Å²) in [6.07, 6.45) is 0. The monoisotopic (exact) mass is 1120 g/mol. The number of ether oxygens (including phenoxy) is 6. The standard InChI is InChI=1S/C42H48N6O18S6/c1-61-37(55)25-13-67-68-14-26(38(56)62-2)44-34(52)22-10-23-12-24(11-22)36(54)48-30(42(60)66-6)18-72-70-16-28(40(58)64-4)46-33(51)21-8-19(31(49)43-25)7-20(9-21)32(50)45-27(39(57)63-3)15-69-71-17-29(41(59)65-5)47-35(23)53/h7-12,25-30H,13-18H2,1-6H3,(H,43,49)(H,44,52)(H,45,50)(H,46,51)(H,47,53)(H,48,54). The maximum Gasteiger partial charge on any atom is 0.329 e. The molecule has 0 aliphatic carbocycles. The van der Waals surface area contributed by atoms with Crippen LogP contribution in [0, 0.1) is 0 Å². The van der Waals surface area contributed by atoms with Crippen LogP contribution in [-0.4, -0.2) is 185 Å². The van der Waals surface area contributed by atoms with Gasteiger partial charge in [0.25, 0.3) is 35.4 Å². The Kier molecular flexibility index (Phi) is 23.7. The predicted molar refractivity (Wildman–Crippen MR) is 267 cm³/mol. The van der Waals surface area contributed by atoms with Crippen LogP contribution in [0.15, 0.2) is 36.4 Å². The van der Waals surface area contributed by atoms with E-state index in [1.807, 2.05) is 0 Å². The molecule has 3 aliphatic heterocycles. The van der Waals surface area contributed by atoms with E-state index in [9.17, 15) is 57.5 Å². The SMILES string of the molecule is COC(=O)C1CSSCC(C(=O)OC)NC(=O)c2cc3cc(c2)C(=O)NC(C(=O)OC)CSSCC(C(=O)OC)NC(=O)c2cc(cc(c2)C(=O)NC(C(=O)OC)CSSCC(C(=O)OC)NC3=O)C(=O)N1. The van der Waals surface area contributed by atoms with Crippen LogP contribution in [0.3, 0.4) is 0 Å². The molecule has 2 aromatic rings. The van der Waals surface area contributed by atoms with Gasteiger partial charge in [0.1, 0.15) is 36.3 Å². The third kappa shape index (κ3) is 16.9. The number of methoxy groups -OCH3 is 6. The third-order valence-electron chi connectivity index (χ3n) is 9.84. The molecule has 0 spiro atoms. The summed E-state index contributed by atoms with van der Waals surface area (Å²) in [7, 11) is 12.1. The van der Waals surface area contributed by atoms with Crippen LogP contribution in [0.2, 0.25) is 0 Å². The molecule has 6 N–H and O–H groups in total. The Bertz CT molecular complexity index is 1990. The van der Waals surface area contributed by atoms with E-state index in [1.54, 1.807) is 0 Å². The molecule has 6 atom stereocenters. The summed E-state index contributed by atoms with van der Waals surface area (Å²) in [6.45, 7) is 0. The number of hydrogen-bond donors (Lipinski definition) is 6. The van der Waals surface area contributed by atoms with Crippen LogP contribution < -0.4 is 31.9 Å². The summed E-state index contributed by atoms with van der Waals surface area (Å²) in [5.41, 5.74) is -2.12. The highest BCUT2D eigenvalue weighted by Gasteiger charge is 2.32. The highest BCUT2D eigenvalue weighted by atomic mass is 33.1. The van der Waals surface area contributed by atoms with Crippen molar-refractivity contribution < 1.29 is 86.0 Å². The molecule has 24 nitrogen and oxygen atoms in total. The van der Waals surface area contributed by atoms with Gasteiger partial charge < -0.3 is 60.3 Å². The van der Waals surface area contributed by atoms with E-state index >= 15 is 0 Å². The number of amides is 6. The van der Waals surface area contributed by atoms with Crippen LogP contribution in [0.4, 0.5) is 0 Å². The summed E-state index contributed by atoms with van der Waals surface area (Å²) >= 11 is 0. The average molecular weight is 1120 g/mol. The lowest BCUT2D eigenvalue weighted by Gasteiger charge is -2.21. The highest BCUT2D eigenvalue weighted by molar-refractivity contribution is 8.77. The quantitative estimate of drug-likeness (QED) is 0.128. The summed E-state index contributed by atoms with van der Waals surface area (Å²) < 4.78 is 29.5. The molecule has 30 heteroatoms. The molecule has 0 fully saturated rings. The smallest absolute Gasteiger partial charge is 0.329 e. The van der Waals surface area contributed by atoms with Gasteiger partial charge >= 0.3 is 35.8 Å². The first-order valence-corrected chi connectivity index (χ1v) is 28.2. The molecular weight excluding hydrogens is 1070 g/mol. The Morgan fingerprint density at radius 1 is 0.306 bits per heavy atom. The van der Waals surface area contributed by atoms with Gasteiger partial charge in [-0.3, -0.25) is 28.8 Å². The number of benzene rings is 2. The van der Waals surface area contributed by atoms with Crippen molar-refractivity contribution in [3.8, 4) is 0 Å². The molecule has 2 aromatic carbocycles. The van der Waals surface area contributed by atoms with Crippen molar-refractivity contribution in [1.29, 1.82) is 0 Å². The van der Waals surface area contributed by atoms with Crippen molar-refractivity contribution in [3.63, 3.8) is 0 Å². The number of carbonyl (C=O) groups excluding carboxylic acids is 12. The van der Waals surface area contributed by atoms with Gasteiger partial charge in [-0.25, -0.2) is 28.8 Å². The molecule has 0 aromatic heterocycles. The zero-order valence-electron chi connectivity index (χ0n) is 39.0. The van der Waals surface area contributed by atoms with Crippen molar-refractivity contribution in [3.05, 3.63) is 69.8 Å². The number of carbonyl (C=O) groups is 12. The zero-order valence-corrected chi connectivity index (χ0v) is 43.9. The van der Waals surface area contributed by atoms with E-state index in [4.69, 9.17) is 28.4 Å². The Morgan fingerprint density at radius 3 is 0.542 bits per heavy atom. The number of fused-ring (bicyclic) bond motifs is 27. The second-order valence-corrected chi connectivity index (χ2v) is 22.3. The fraction of sp³-hybridized carbons (Fsp3) is 0.429. The number of nitrogens with one attached hydrogen (secondary N) is 6. The maximum absolute atomic E-state index is 14.0. The molecule has 0 saturated carbocycles. The van der Waals surface area contributed by atoms with Gasteiger partial charge in [0, 0.05) is 67.9 Å². The number of hydrogen-bond acceptors (Lipinski definition) is 24. The van der Waals surface area contributed by atoms with Gasteiger partial charge in [0.15, 0.2) is 0 Å². The lowest BCUT2D eigenvalue weighted by molar-refractivity contribution is -0.143. The number of rotatable bonds is 6. The molecule has 5 rings (SSSR count). The van der Waals surface area contributed by atoms with Gasteiger partial charge in [-0.2, -0.15) is 0 Å². The second-order valence-electron chi connectivity index (χ2n) is 14.6. The molecule has 6 bridgehead atoms. The molecule has 0 saturated heterocycles. The van der Waals surface area contributed by atoms with Gasteiger partial charge in [-0.1, -0.05) is 64.8 Å². The molecule has 3 aliphatic rings. The minimum Gasteiger partial charge on any atom is -0.467 e. The van der Waals surface area contributed by atoms with Gasteiger partial charge in [-0.15, -0.1) is 0 Å². The van der Waals surface area contributed by atoms with E-state index < -0.39 is 108 Å². The van der Waals surface area contributed by atoms with Gasteiger partial charge in [0.05, 0.1) is 42.7 Å². The molecule has 6 unspecified atom stereocenters. The van der Waals surface area contributed by atoms with Crippen LogP contribution in [-0.2, 0) is 57.2 Å². The fourth-order valence-electron chi connectivity index (χ4n) is 6.05. The molecule has 3 heterocycles. The maximum atomic E-state index is 14.0. The van der Waals surface area contributed by atoms with Gasteiger partial charge in [-0.05, 0) is 36.4 Å². The fourth-order valence-corrected chi connectivity index (χ4v) is 12.9. The van der Waals surface area contributed by atoms with Crippen LogP contribution in [0.1, 0.15) is 62.1 Å². The van der Waals surface area contributed by atoms with Gasteiger partial charge in [0.2, 0.25) is 0 Å². The molecular formula is C42H48N6O18S6. The minimum atomic E-state index is -1.40. The molecule has 390 valence electrons. The van der Waals surface area contributed by atoms with E-state index in [2.05, 4.69) is 31.9 Å². The normalized spacial score (nSPS) is 22.2. The zero-order chi connectivity index (χ0) is 53.1. The second kappa shape index (κ2) is 29.0. The molecule has 72 heavy (non-hydrogen) atoms. The average Bonchev–Trinajstić information content (AvgIpc) is 3.39. The molecule has 0 radical (unpaired) electrons. The minimum absolute atomic E-state index is 0.222. The number of esters is 6. The Balaban J connectivity index is 1.97. The summed E-state index contributed by atoms with van der Waals surface area (Å²) in [5.74, 6) is -12.8. The predicted octanol–water partition coefficient (Wildman–Crippen LogP) is 0.187. The van der Waals surface area contributed by atoms with E-state index in [1.165, 1.54) is 0 Å². The van der Waals surface area contributed by atoms with Crippen LogP contribution in [0.5, 0.6) is 0 Å². The Labute approximate surface area is 434 Å². The highest BCUT2D eigenvalue weighted by Crippen LogP contribution is 2.27. The van der Waals surface area contributed by atoms with E-state index in [-0.39, 0.29) is 67.9 Å². The van der Waals surface area contributed by atoms with Crippen LogP contribution in [0.25, 0.3) is 0 Å². The van der Waals surface area contributed by atoms with Crippen molar-refractivity contribution >= 4 is 136 Å². The van der Waals surface area contributed by atoms with Crippen molar-refractivity contribution in [2.75, 3.05) is 77.2 Å². The van der Waals surface area contributed by atoms with Crippen molar-refractivity contribution in [1.82, 2.24) is 31.9 Å². The first-order valence-electron chi connectivity index (χ1n) is 20.7. The first kappa shape index (κ1) is 58.7. The Hall–Kier alpha value is -5.82. The topological polar surface area (TPSA) is 332 Å². The van der Waals surface area contributed by atoms with E-state index in [0.717, 1.165) is 144 Å². The largest absolute Gasteiger partial charge is 0.467 e.